The first kappa shape index (κ1) is 16.1. The highest BCUT2D eigenvalue weighted by Crippen LogP contribution is 2.21. The fourth-order valence-corrected chi connectivity index (χ4v) is 2.55. The van der Waals surface area contributed by atoms with Crippen LogP contribution >= 0.6 is 0 Å². The Morgan fingerprint density at radius 2 is 1.95 bits per heavy atom. The maximum Gasteiger partial charge on any atom is 0.249 e. The van der Waals surface area contributed by atoms with Gasteiger partial charge in [-0.15, -0.1) is 0 Å². The maximum atomic E-state index is 12.4. The second-order valence-electron chi connectivity index (χ2n) is 5.24. The van der Waals surface area contributed by atoms with E-state index < -0.39 is 0 Å². The second kappa shape index (κ2) is 7.69. The van der Waals surface area contributed by atoms with Crippen LogP contribution in [-0.2, 0) is 4.79 Å². The molecule has 0 aromatic heterocycles. The Kier molecular flexibility index (Phi) is 5.64. The third-order valence-electron chi connectivity index (χ3n) is 3.85. The van der Waals surface area contributed by atoms with Crippen LogP contribution in [0.5, 0.6) is 5.75 Å². The van der Waals surface area contributed by atoms with Gasteiger partial charge in [0.2, 0.25) is 5.91 Å². The number of carbonyl (C=O) groups excluding carboxylic acids is 1. The Bertz CT molecular complexity index is 557. The van der Waals surface area contributed by atoms with Gasteiger partial charge in [0.25, 0.3) is 0 Å². The van der Waals surface area contributed by atoms with Crippen molar-refractivity contribution < 1.29 is 9.53 Å². The van der Waals surface area contributed by atoms with Crippen LogP contribution in [-0.4, -0.2) is 37.0 Å². The highest BCUT2D eigenvalue weighted by atomic mass is 16.5. The van der Waals surface area contributed by atoms with Crippen LogP contribution in [0.1, 0.15) is 20.3 Å². The van der Waals surface area contributed by atoms with Crippen LogP contribution in [0.3, 0.4) is 0 Å². The topological polar surface area (TPSA) is 41.6 Å². The number of nitrogens with one attached hydrogen (secondary N) is 1. The number of hydrogen-bond donors (Lipinski definition) is 1. The molecule has 1 atom stereocenters. The fourth-order valence-electron chi connectivity index (χ4n) is 2.55. The number of rotatable bonds is 6. The molecule has 4 heteroatoms. The van der Waals surface area contributed by atoms with E-state index in [1.165, 1.54) is 0 Å². The molecule has 1 unspecified atom stereocenters. The minimum absolute atomic E-state index is 0.132. The van der Waals surface area contributed by atoms with Gasteiger partial charge in [-0.1, -0.05) is 18.2 Å². The molecule has 0 spiro atoms. The van der Waals surface area contributed by atoms with Crippen LogP contribution in [0.25, 0.3) is 0 Å². The summed E-state index contributed by atoms with van der Waals surface area (Å²) >= 11 is 0. The third kappa shape index (κ3) is 3.91. The van der Waals surface area contributed by atoms with Crippen molar-refractivity contribution in [3.8, 4) is 5.75 Å². The number of hydrogen-bond acceptors (Lipinski definition) is 3. The summed E-state index contributed by atoms with van der Waals surface area (Å²) in [5, 5.41) is 3.44. The number of benzene rings is 1. The molecule has 118 valence electrons. The van der Waals surface area contributed by atoms with Crippen LogP contribution in [0, 0.1) is 0 Å². The van der Waals surface area contributed by atoms with E-state index in [-0.39, 0.29) is 11.9 Å². The van der Waals surface area contributed by atoms with E-state index in [0.29, 0.717) is 6.42 Å². The smallest absolute Gasteiger partial charge is 0.249 e. The number of nitrogens with zero attached hydrogens (tertiary/aromatic N) is 1. The van der Waals surface area contributed by atoms with Crippen molar-refractivity contribution >= 4 is 11.6 Å². The Balaban J connectivity index is 1.99. The lowest BCUT2D eigenvalue weighted by molar-refractivity contribution is -0.126. The van der Waals surface area contributed by atoms with Crippen molar-refractivity contribution in [3.05, 3.63) is 48.1 Å². The van der Waals surface area contributed by atoms with Crippen molar-refractivity contribution in [2.45, 2.75) is 26.3 Å². The lowest BCUT2D eigenvalue weighted by Gasteiger charge is -2.25. The lowest BCUT2D eigenvalue weighted by atomic mass is 9.99. The van der Waals surface area contributed by atoms with Gasteiger partial charge in [-0.05, 0) is 38.1 Å². The zero-order chi connectivity index (χ0) is 15.9. The van der Waals surface area contributed by atoms with Gasteiger partial charge < -0.3 is 15.0 Å². The van der Waals surface area contributed by atoms with Crippen molar-refractivity contribution in [3.63, 3.8) is 0 Å². The molecule has 0 bridgehead atoms. The number of allylic oxidation sites excluding steroid dienone is 2. The Labute approximate surface area is 132 Å². The summed E-state index contributed by atoms with van der Waals surface area (Å²) in [6, 6.07) is 7.94. The van der Waals surface area contributed by atoms with Crippen LogP contribution in [0.15, 0.2) is 48.1 Å². The lowest BCUT2D eigenvalue weighted by Crippen LogP contribution is -2.34. The van der Waals surface area contributed by atoms with Gasteiger partial charge >= 0.3 is 0 Å². The monoisotopic (exact) mass is 300 g/mol. The van der Waals surface area contributed by atoms with Gasteiger partial charge in [0.15, 0.2) is 0 Å². The van der Waals surface area contributed by atoms with E-state index >= 15 is 0 Å². The molecule has 0 radical (unpaired) electrons. The molecule has 1 aliphatic rings. The number of amides is 1. The Morgan fingerprint density at radius 3 is 2.55 bits per heavy atom. The summed E-state index contributed by atoms with van der Waals surface area (Å²) < 4.78 is 5.16. The minimum Gasteiger partial charge on any atom is -0.497 e. The standard InChI is InChI=1S/C18H24N2O2/c1-4-20(5-2)18(21)14-7-6-8-16(13-14)19-15-9-11-17(22-3)12-10-15/h6-12,16,19H,4-5,13H2,1-3H3. The van der Waals surface area contributed by atoms with Crippen molar-refractivity contribution in [2.24, 2.45) is 0 Å². The largest absolute Gasteiger partial charge is 0.497 e. The van der Waals surface area contributed by atoms with Gasteiger partial charge in [0, 0.05) is 36.8 Å². The molecule has 0 saturated heterocycles. The number of carbonyl (C=O) groups is 1. The maximum absolute atomic E-state index is 12.4. The number of likely N-dealkylation sites (N-methyl/N-ethyl adjacent to an activating group) is 1. The van der Waals surface area contributed by atoms with E-state index in [2.05, 4.69) is 11.4 Å². The molecule has 22 heavy (non-hydrogen) atoms. The predicted molar refractivity (Wildman–Crippen MR) is 90.2 cm³/mol. The number of ether oxygens (including phenoxy) is 1. The van der Waals surface area contributed by atoms with Gasteiger partial charge in [0.05, 0.1) is 7.11 Å². The highest BCUT2D eigenvalue weighted by molar-refractivity contribution is 5.94. The van der Waals surface area contributed by atoms with E-state index in [1.807, 2.05) is 55.2 Å². The highest BCUT2D eigenvalue weighted by Gasteiger charge is 2.20. The van der Waals surface area contributed by atoms with Gasteiger partial charge in [-0.3, -0.25) is 4.79 Å². The zero-order valence-corrected chi connectivity index (χ0v) is 13.5. The van der Waals surface area contributed by atoms with E-state index in [4.69, 9.17) is 4.74 Å². The number of methoxy groups -OCH3 is 1. The van der Waals surface area contributed by atoms with Gasteiger partial charge in [-0.2, -0.15) is 0 Å². The molecule has 0 aliphatic heterocycles. The van der Waals surface area contributed by atoms with Gasteiger partial charge in [0.1, 0.15) is 5.75 Å². The molecule has 0 heterocycles. The molecular weight excluding hydrogens is 276 g/mol. The fraction of sp³-hybridized carbons (Fsp3) is 0.389. The molecule has 1 aliphatic carbocycles. The van der Waals surface area contributed by atoms with Crippen LogP contribution < -0.4 is 10.1 Å². The molecule has 0 saturated carbocycles. The summed E-state index contributed by atoms with van der Waals surface area (Å²) in [5.41, 5.74) is 1.88. The molecule has 2 rings (SSSR count). The summed E-state index contributed by atoms with van der Waals surface area (Å²) in [5.74, 6) is 0.970. The summed E-state index contributed by atoms with van der Waals surface area (Å²) in [6.45, 7) is 5.50. The molecule has 1 aromatic rings. The minimum atomic E-state index is 0.132. The van der Waals surface area contributed by atoms with Crippen molar-refractivity contribution in [2.75, 3.05) is 25.5 Å². The summed E-state index contributed by atoms with van der Waals surface area (Å²) in [7, 11) is 1.65. The first-order valence-electron chi connectivity index (χ1n) is 7.75. The van der Waals surface area contributed by atoms with Gasteiger partial charge in [-0.25, -0.2) is 0 Å². The average molecular weight is 300 g/mol. The van der Waals surface area contributed by atoms with E-state index in [0.717, 1.165) is 30.1 Å². The zero-order valence-electron chi connectivity index (χ0n) is 13.5. The summed E-state index contributed by atoms with van der Waals surface area (Å²) in [6.07, 6.45) is 6.68. The summed E-state index contributed by atoms with van der Waals surface area (Å²) in [4.78, 5) is 14.3. The van der Waals surface area contributed by atoms with Crippen molar-refractivity contribution in [1.82, 2.24) is 4.90 Å². The van der Waals surface area contributed by atoms with Crippen LogP contribution in [0.4, 0.5) is 5.69 Å². The first-order valence-corrected chi connectivity index (χ1v) is 7.75. The quantitative estimate of drug-likeness (QED) is 0.877. The normalized spacial score (nSPS) is 16.9. The van der Waals surface area contributed by atoms with Crippen molar-refractivity contribution in [1.29, 1.82) is 0 Å². The number of anilines is 1. The Morgan fingerprint density at radius 1 is 1.27 bits per heavy atom. The SMILES string of the molecule is CCN(CC)C(=O)C1=CC=CC(Nc2ccc(OC)cc2)C1. The van der Waals surface area contributed by atoms with Crippen LogP contribution in [0.2, 0.25) is 0 Å². The molecule has 1 aromatic carbocycles. The molecule has 1 N–H and O–H groups in total. The van der Waals surface area contributed by atoms with E-state index in [1.54, 1.807) is 7.11 Å². The molecule has 1 amide bonds. The predicted octanol–water partition coefficient (Wildman–Crippen LogP) is 3.23. The molecular formula is C18H24N2O2. The Hall–Kier alpha value is -2.23. The third-order valence-corrected chi connectivity index (χ3v) is 3.85. The average Bonchev–Trinajstić information content (AvgIpc) is 2.57. The molecule has 0 fully saturated rings. The first-order chi connectivity index (χ1) is 10.7. The second-order valence-corrected chi connectivity index (χ2v) is 5.24. The molecule has 4 nitrogen and oxygen atoms in total. The van der Waals surface area contributed by atoms with E-state index in [9.17, 15) is 4.79 Å².